The van der Waals surface area contributed by atoms with E-state index in [4.69, 9.17) is 10.5 Å². The van der Waals surface area contributed by atoms with Crippen LogP contribution in [-0.4, -0.2) is 29.6 Å². The van der Waals surface area contributed by atoms with Crippen molar-refractivity contribution in [2.75, 3.05) is 6.54 Å². The predicted molar refractivity (Wildman–Crippen MR) is 71.2 cm³/mol. The largest absolute Gasteiger partial charge is 0.369 e. The predicted octanol–water partition coefficient (Wildman–Crippen LogP) is 0.962. The van der Waals surface area contributed by atoms with E-state index in [1.165, 1.54) is 0 Å². The lowest BCUT2D eigenvalue weighted by atomic mass is 9.78. The van der Waals surface area contributed by atoms with Gasteiger partial charge in [-0.25, -0.2) is 0 Å². The highest BCUT2D eigenvalue weighted by atomic mass is 16.6. The average Bonchev–Trinajstić information content (AvgIpc) is 2.85. The van der Waals surface area contributed by atoms with Crippen LogP contribution in [-0.2, 0) is 14.3 Å². The standard InChI is InChI=1S/C14H24N2O3/c1-13(2)14(3,19-13)8-16-12(18)10-7-5-4-6-9(10)11(15)17/h9-10H,4-8H2,1-3H3,(H2,15,17)(H,16,18). The third kappa shape index (κ3) is 2.76. The number of amides is 2. The Morgan fingerprint density at radius 1 is 1.21 bits per heavy atom. The van der Waals surface area contributed by atoms with Crippen molar-refractivity contribution in [2.45, 2.75) is 57.7 Å². The van der Waals surface area contributed by atoms with Crippen molar-refractivity contribution in [1.29, 1.82) is 0 Å². The van der Waals surface area contributed by atoms with Crippen molar-refractivity contribution in [3.63, 3.8) is 0 Å². The highest BCUT2D eigenvalue weighted by Crippen LogP contribution is 2.46. The molecule has 5 nitrogen and oxygen atoms in total. The zero-order valence-electron chi connectivity index (χ0n) is 12.0. The van der Waals surface area contributed by atoms with Crippen molar-refractivity contribution in [3.8, 4) is 0 Å². The molecule has 1 saturated carbocycles. The average molecular weight is 268 g/mol. The van der Waals surface area contributed by atoms with Crippen molar-refractivity contribution < 1.29 is 14.3 Å². The number of carbonyl (C=O) groups is 2. The number of nitrogens with two attached hydrogens (primary N) is 1. The maximum absolute atomic E-state index is 12.2. The van der Waals surface area contributed by atoms with Crippen LogP contribution in [0, 0.1) is 11.8 Å². The van der Waals surface area contributed by atoms with E-state index in [1.807, 2.05) is 20.8 Å². The van der Waals surface area contributed by atoms with E-state index >= 15 is 0 Å². The smallest absolute Gasteiger partial charge is 0.224 e. The highest BCUT2D eigenvalue weighted by Gasteiger charge is 2.60. The maximum Gasteiger partial charge on any atom is 0.224 e. The molecular weight excluding hydrogens is 244 g/mol. The monoisotopic (exact) mass is 268 g/mol. The molecule has 19 heavy (non-hydrogen) atoms. The molecule has 1 heterocycles. The third-order valence-electron chi connectivity index (χ3n) is 4.78. The van der Waals surface area contributed by atoms with Crippen LogP contribution >= 0.6 is 0 Å². The molecule has 2 rings (SSSR count). The molecule has 3 atom stereocenters. The molecule has 3 unspecified atom stereocenters. The molecule has 0 aromatic carbocycles. The Morgan fingerprint density at radius 2 is 1.74 bits per heavy atom. The van der Waals surface area contributed by atoms with Crippen molar-refractivity contribution in [1.82, 2.24) is 5.32 Å². The lowest BCUT2D eigenvalue weighted by molar-refractivity contribution is -0.135. The van der Waals surface area contributed by atoms with Gasteiger partial charge in [0.15, 0.2) is 0 Å². The number of carbonyl (C=O) groups excluding carboxylic acids is 2. The van der Waals surface area contributed by atoms with Gasteiger partial charge in [0, 0.05) is 18.4 Å². The quantitative estimate of drug-likeness (QED) is 0.745. The van der Waals surface area contributed by atoms with Crippen LogP contribution in [0.2, 0.25) is 0 Å². The number of nitrogens with one attached hydrogen (secondary N) is 1. The first-order valence-corrected chi connectivity index (χ1v) is 7.04. The SMILES string of the molecule is CC1(C)OC1(C)CNC(=O)C1CCCCC1C(N)=O. The van der Waals surface area contributed by atoms with Gasteiger partial charge in [-0.2, -0.15) is 0 Å². The molecule has 3 N–H and O–H groups in total. The Hall–Kier alpha value is -1.10. The van der Waals surface area contributed by atoms with E-state index in [9.17, 15) is 9.59 Å². The molecule has 0 aromatic heterocycles. The van der Waals surface area contributed by atoms with E-state index < -0.39 is 0 Å². The first-order valence-electron chi connectivity index (χ1n) is 7.04. The van der Waals surface area contributed by atoms with Gasteiger partial charge in [-0.3, -0.25) is 9.59 Å². The van der Waals surface area contributed by atoms with Gasteiger partial charge < -0.3 is 15.8 Å². The molecule has 0 aromatic rings. The first-order chi connectivity index (χ1) is 8.77. The lowest BCUT2D eigenvalue weighted by Gasteiger charge is -2.28. The van der Waals surface area contributed by atoms with Gasteiger partial charge in [-0.1, -0.05) is 12.8 Å². The van der Waals surface area contributed by atoms with Crippen LogP contribution < -0.4 is 11.1 Å². The summed E-state index contributed by atoms with van der Waals surface area (Å²) in [5.74, 6) is -0.989. The van der Waals surface area contributed by atoms with Crippen LogP contribution in [0.4, 0.5) is 0 Å². The van der Waals surface area contributed by atoms with Crippen molar-refractivity contribution >= 4 is 11.8 Å². The number of hydrogen-bond acceptors (Lipinski definition) is 3. The molecule has 5 heteroatoms. The Labute approximate surface area is 114 Å². The van der Waals surface area contributed by atoms with Crippen LogP contribution in [0.1, 0.15) is 46.5 Å². The molecule has 1 aliphatic carbocycles. The fourth-order valence-corrected chi connectivity index (χ4v) is 2.96. The lowest BCUT2D eigenvalue weighted by Crippen LogP contribution is -2.45. The molecule has 1 saturated heterocycles. The summed E-state index contributed by atoms with van der Waals surface area (Å²) >= 11 is 0. The number of primary amides is 1. The van der Waals surface area contributed by atoms with Gasteiger partial charge in [-0.15, -0.1) is 0 Å². The second-order valence-electron chi connectivity index (χ2n) is 6.46. The van der Waals surface area contributed by atoms with E-state index in [0.717, 1.165) is 25.7 Å². The minimum Gasteiger partial charge on any atom is -0.369 e. The van der Waals surface area contributed by atoms with Crippen molar-refractivity contribution in [2.24, 2.45) is 17.6 Å². The van der Waals surface area contributed by atoms with Gasteiger partial charge in [0.05, 0.1) is 5.60 Å². The molecule has 0 bridgehead atoms. The van der Waals surface area contributed by atoms with E-state index in [-0.39, 0.29) is 34.9 Å². The summed E-state index contributed by atoms with van der Waals surface area (Å²) < 4.78 is 5.60. The summed E-state index contributed by atoms with van der Waals surface area (Å²) in [6.45, 7) is 6.48. The number of ether oxygens (including phenoxy) is 1. The summed E-state index contributed by atoms with van der Waals surface area (Å²) in [4.78, 5) is 23.6. The van der Waals surface area contributed by atoms with Crippen LogP contribution in [0.25, 0.3) is 0 Å². The van der Waals surface area contributed by atoms with Gasteiger partial charge in [0.1, 0.15) is 5.60 Å². The summed E-state index contributed by atoms with van der Waals surface area (Å²) in [5.41, 5.74) is 4.91. The molecule has 2 amide bonds. The summed E-state index contributed by atoms with van der Waals surface area (Å²) in [7, 11) is 0. The highest BCUT2D eigenvalue weighted by molar-refractivity contribution is 5.87. The third-order valence-corrected chi connectivity index (χ3v) is 4.78. The number of epoxide rings is 1. The van der Waals surface area contributed by atoms with Crippen LogP contribution in [0.5, 0.6) is 0 Å². The van der Waals surface area contributed by atoms with Gasteiger partial charge in [0.2, 0.25) is 11.8 Å². The first kappa shape index (κ1) is 14.3. The summed E-state index contributed by atoms with van der Waals surface area (Å²) in [5, 5.41) is 2.92. The van der Waals surface area contributed by atoms with Crippen LogP contribution in [0.15, 0.2) is 0 Å². The van der Waals surface area contributed by atoms with E-state index in [2.05, 4.69) is 5.32 Å². The molecule has 2 aliphatic rings. The molecule has 0 spiro atoms. The fourth-order valence-electron chi connectivity index (χ4n) is 2.96. The molecule has 0 radical (unpaired) electrons. The Balaban J connectivity index is 1.90. The fraction of sp³-hybridized carbons (Fsp3) is 0.857. The summed E-state index contributed by atoms with van der Waals surface area (Å²) in [6, 6.07) is 0. The zero-order valence-corrected chi connectivity index (χ0v) is 12.0. The van der Waals surface area contributed by atoms with Crippen molar-refractivity contribution in [3.05, 3.63) is 0 Å². The Kier molecular flexibility index (Phi) is 3.60. The molecule has 108 valence electrons. The molecular formula is C14H24N2O3. The van der Waals surface area contributed by atoms with Crippen LogP contribution in [0.3, 0.4) is 0 Å². The summed E-state index contributed by atoms with van der Waals surface area (Å²) in [6.07, 6.45) is 3.44. The maximum atomic E-state index is 12.2. The zero-order chi connectivity index (χ0) is 14.3. The number of rotatable bonds is 4. The molecule has 1 aliphatic heterocycles. The Bertz CT molecular complexity index is 394. The Morgan fingerprint density at radius 3 is 2.21 bits per heavy atom. The van der Waals surface area contributed by atoms with E-state index in [1.54, 1.807) is 0 Å². The second-order valence-corrected chi connectivity index (χ2v) is 6.46. The van der Waals surface area contributed by atoms with Gasteiger partial charge in [0.25, 0.3) is 0 Å². The minimum atomic E-state index is -0.353. The van der Waals surface area contributed by atoms with E-state index in [0.29, 0.717) is 6.54 Å². The molecule has 2 fully saturated rings. The van der Waals surface area contributed by atoms with Gasteiger partial charge in [-0.05, 0) is 33.6 Å². The topological polar surface area (TPSA) is 84.7 Å². The van der Waals surface area contributed by atoms with Gasteiger partial charge >= 0.3 is 0 Å². The number of hydrogen-bond donors (Lipinski definition) is 2. The second kappa shape index (κ2) is 4.78. The normalized spacial score (nSPS) is 36.6. The minimum absolute atomic E-state index is 0.0592.